The molecule has 3 aromatic heterocycles. The lowest BCUT2D eigenvalue weighted by Gasteiger charge is -2.16. The Morgan fingerprint density at radius 3 is 2.64 bits per heavy atom. The van der Waals surface area contributed by atoms with Crippen LogP contribution in [0.4, 0.5) is 0 Å². The summed E-state index contributed by atoms with van der Waals surface area (Å²) in [7, 11) is -3.04. The summed E-state index contributed by atoms with van der Waals surface area (Å²) in [5.41, 5.74) is 2.87. The monoisotopic (exact) mass is 481 g/mol. The standard InChI is InChI=1S/C24H23N3O4S2/c1-15-10-19(16(2)27(15)18-8-9-33(30,31)13-18)21(28)12-26-14-25-23-20(24(26)29)11-22(32-23)17-6-4-3-5-7-17/h3-7,10-11,14,18H,8-9,12-13H2,1-2H3/t18-/m0/s1. The highest BCUT2D eigenvalue weighted by Crippen LogP contribution is 2.31. The van der Waals surface area contributed by atoms with Crippen LogP contribution < -0.4 is 5.56 Å². The second kappa shape index (κ2) is 8.07. The van der Waals surface area contributed by atoms with Gasteiger partial charge in [-0.3, -0.25) is 14.2 Å². The summed E-state index contributed by atoms with van der Waals surface area (Å²) in [6.07, 6.45) is 1.98. The Morgan fingerprint density at radius 1 is 1.18 bits per heavy atom. The normalized spacial score (nSPS) is 17.6. The fourth-order valence-corrected chi connectivity index (χ4v) is 7.35. The number of benzene rings is 1. The van der Waals surface area contributed by atoms with Gasteiger partial charge in [0.15, 0.2) is 15.6 Å². The molecule has 0 amide bonds. The zero-order chi connectivity index (χ0) is 23.3. The predicted molar refractivity (Wildman–Crippen MR) is 130 cm³/mol. The Kier molecular flexibility index (Phi) is 5.33. The first-order chi connectivity index (χ1) is 15.7. The molecule has 33 heavy (non-hydrogen) atoms. The van der Waals surface area contributed by atoms with Crippen molar-refractivity contribution in [1.29, 1.82) is 0 Å². The Morgan fingerprint density at radius 2 is 1.94 bits per heavy atom. The van der Waals surface area contributed by atoms with Crippen molar-refractivity contribution >= 4 is 37.2 Å². The maximum Gasteiger partial charge on any atom is 0.262 e. The van der Waals surface area contributed by atoms with E-state index in [1.807, 2.05) is 54.8 Å². The van der Waals surface area contributed by atoms with Crippen LogP contribution in [0.3, 0.4) is 0 Å². The molecular formula is C24H23N3O4S2. The third kappa shape index (κ3) is 3.95. The zero-order valence-corrected chi connectivity index (χ0v) is 19.9. The third-order valence-corrected chi connectivity index (χ3v) is 9.09. The zero-order valence-electron chi connectivity index (χ0n) is 18.3. The Balaban J connectivity index is 1.45. The van der Waals surface area contributed by atoms with Crippen LogP contribution in [0, 0.1) is 13.8 Å². The van der Waals surface area contributed by atoms with E-state index >= 15 is 0 Å². The molecule has 1 aromatic carbocycles. The minimum Gasteiger partial charge on any atom is -0.344 e. The first kappa shape index (κ1) is 21.8. The number of carbonyl (C=O) groups excluding carboxylic acids is 1. The molecule has 1 atom stereocenters. The van der Waals surface area contributed by atoms with Gasteiger partial charge in [0.05, 0.1) is 29.8 Å². The summed E-state index contributed by atoms with van der Waals surface area (Å²) in [5.74, 6) is 0.0702. The summed E-state index contributed by atoms with van der Waals surface area (Å²) in [5, 5.41) is 0.496. The van der Waals surface area contributed by atoms with Gasteiger partial charge in [0.25, 0.3) is 5.56 Å². The molecular weight excluding hydrogens is 458 g/mol. The number of carbonyl (C=O) groups is 1. The van der Waals surface area contributed by atoms with Gasteiger partial charge < -0.3 is 4.57 Å². The number of aromatic nitrogens is 3. The molecule has 0 aliphatic carbocycles. The van der Waals surface area contributed by atoms with E-state index in [1.54, 1.807) is 6.07 Å². The largest absolute Gasteiger partial charge is 0.344 e. The molecule has 9 heteroatoms. The second-order valence-electron chi connectivity index (χ2n) is 8.51. The van der Waals surface area contributed by atoms with Gasteiger partial charge in [-0.05, 0) is 38.0 Å². The second-order valence-corrected chi connectivity index (χ2v) is 11.8. The van der Waals surface area contributed by atoms with E-state index in [4.69, 9.17) is 0 Å². The summed E-state index contributed by atoms with van der Waals surface area (Å²) in [6, 6.07) is 13.3. The highest BCUT2D eigenvalue weighted by molar-refractivity contribution is 7.91. The maximum atomic E-state index is 13.1. The van der Waals surface area contributed by atoms with Crippen molar-refractivity contribution in [3.63, 3.8) is 0 Å². The molecule has 0 bridgehead atoms. The lowest BCUT2D eigenvalue weighted by atomic mass is 10.1. The van der Waals surface area contributed by atoms with Crippen molar-refractivity contribution in [2.24, 2.45) is 0 Å². The molecule has 1 aliphatic rings. The number of ketones is 1. The highest BCUT2D eigenvalue weighted by Gasteiger charge is 2.31. The van der Waals surface area contributed by atoms with Gasteiger partial charge in [-0.2, -0.15) is 0 Å². The van der Waals surface area contributed by atoms with Crippen molar-refractivity contribution in [3.05, 3.63) is 76.1 Å². The number of fused-ring (bicyclic) bond motifs is 1. The van der Waals surface area contributed by atoms with Gasteiger partial charge in [-0.1, -0.05) is 30.3 Å². The van der Waals surface area contributed by atoms with Gasteiger partial charge >= 0.3 is 0 Å². The van der Waals surface area contributed by atoms with Gasteiger partial charge in [0.1, 0.15) is 4.83 Å². The van der Waals surface area contributed by atoms with Crippen LogP contribution in [0.5, 0.6) is 0 Å². The van der Waals surface area contributed by atoms with Crippen LogP contribution in [-0.4, -0.2) is 39.8 Å². The van der Waals surface area contributed by atoms with E-state index in [9.17, 15) is 18.0 Å². The first-order valence-corrected chi connectivity index (χ1v) is 13.3. The number of rotatable bonds is 5. The number of hydrogen-bond donors (Lipinski definition) is 0. The highest BCUT2D eigenvalue weighted by atomic mass is 32.2. The van der Waals surface area contributed by atoms with E-state index in [1.165, 1.54) is 22.2 Å². The lowest BCUT2D eigenvalue weighted by Crippen LogP contribution is -2.24. The number of hydrogen-bond acceptors (Lipinski definition) is 6. The fraction of sp³-hybridized carbons (Fsp3) is 0.292. The molecule has 7 nitrogen and oxygen atoms in total. The van der Waals surface area contributed by atoms with Gasteiger partial charge in [0.2, 0.25) is 0 Å². The van der Waals surface area contributed by atoms with Gasteiger partial charge in [0, 0.05) is 27.9 Å². The van der Waals surface area contributed by atoms with Gasteiger partial charge in [-0.15, -0.1) is 11.3 Å². The fourth-order valence-electron chi connectivity index (χ4n) is 4.66. The van der Waals surface area contributed by atoms with Crippen LogP contribution in [-0.2, 0) is 16.4 Å². The number of sulfone groups is 1. The Bertz CT molecular complexity index is 1550. The Labute approximate surface area is 195 Å². The van der Waals surface area contributed by atoms with Crippen LogP contribution in [0.15, 0.2) is 53.6 Å². The minimum atomic E-state index is -3.04. The third-order valence-electron chi connectivity index (χ3n) is 6.25. The molecule has 0 radical (unpaired) electrons. The number of aryl methyl sites for hydroxylation is 1. The summed E-state index contributed by atoms with van der Waals surface area (Å²) in [6.45, 7) is 3.59. The van der Waals surface area contributed by atoms with E-state index in [2.05, 4.69) is 4.98 Å². The predicted octanol–water partition coefficient (Wildman–Crippen LogP) is 3.79. The van der Waals surface area contributed by atoms with E-state index in [0.29, 0.717) is 22.2 Å². The number of nitrogens with zero attached hydrogens (tertiary/aromatic N) is 3. The average Bonchev–Trinajstić information content (AvgIpc) is 3.46. The smallest absolute Gasteiger partial charge is 0.262 e. The topological polar surface area (TPSA) is 91.0 Å². The molecule has 0 saturated carbocycles. The van der Waals surface area contributed by atoms with Crippen molar-refractivity contribution in [2.45, 2.75) is 32.9 Å². The molecule has 5 rings (SSSR count). The summed E-state index contributed by atoms with van der Waals surface area (Å²) >= 11 is 1.45. The molecule has 170 valence electrons. The number of Topliss-reactive ketones (excluding diaryl/α,β-unsaturated/α-hetero) is 1. The average molecular weight is 482 g/mol. The van der Waals surface area contributed by atoms with E-state index in [-0.39, 0.29) is 35.4 Å². The molecule has 1 saturated heterocycles. The summed E-state index contributed by atoms with van der Waals surface area (Å²) < 4.78 is 27.2. The quantitative estimate of drug-likeness (QED) is 0.405. The van der Waals surface area contributed by atoms with Crippen molar-refractivity contribution in [2.75, 3.05) is 11.5 Å². The van der Waals surface area contributed by atoms with Crippen molar-refractivity contribution in [3.8, 4) is 10.4 Å². The van der Waals surface area contributed by atoms with Crippen LogP contribution in [0.1, 0.15) is 34.2 Å². The van der Waals surface area contributed by atoms with E-state index < -0.39 is 9.84 Å². The first-order valence-electron chi connectivity index (χ1n) is 10.7. The van der Waals surface area contributed by atoms with Crippen molar-refractivity contribution < 1.29 is 13.2 Å². The molecule has 0 unspecified atom stereocenters. The number of thiophene rings is 1. The lowest BCUT2D eigenvalue weighted by molar-refractivity contribution is 0.0970. The maximum absolute atomic E-state index is 13.1. The van der Waals surface area contributed by atoms with Crippen LogP contribution in [0.25, 0.3) is 20.7 Å². The molecule has 1 aliphatic heterocycles. The summed E-state index contributed by atoms with van der Waals surface area (Å²) in [4.78, 5) is 32.2. The molecule has 4 heterocycles. The van der Waals surface area contributed by atoms with Crippen molar-refractivity contribution in [1.82, 2.24) is 14.1 Å². The molecule has 0 spiro atoms. The SMILES string of the molecule is Cc1cc(C(=O)Cn2cnc3sc(-c4ccccc4)cc3c2=O)c(C)n1[C@H]1CCS(=O)(=O)C1. The van der Waals surface area contributed by atoms with Crippen LogP contribution >= 0.6 is 11.3 Å². The molecule has 0 N–H and O–H groups in total. The Hall–Kier alpha value is -3.04. The van der Waals surface area contributed by atoms with E-state index in [0.717, 1.165) is 21.8 Å². The molecule has 4 aromatic rings. The van der Waals surface area contributed by atoms with Crippen LogP contribution in [0.2, 0.25) is 0 Å². The minimum absolute atomic E-state index is 0.0962. The molecule has 1 fully saturated rings. The van der Waals surface area contributed by atoms with Gasteiger partial charge in [-0.25, -0.2) is 13.4 Å².